The quantitative estimate of drug-likeness (QED) is 0.675. The number of carbonyl (C=O) groups excluding carboxylic acids is 1. The maximum atomic E-state index is 12.7. The molecule has 0 bridgehead atoms. The first kappa shape index (κ1) is 19.6. The van der Waals surface area contributed by atoms with E-state index in [9.17, 15) is 9.59 Å². The first-order valence-electron chi connectivity index (χ1n) is 9.77. The summed E-state index contributed by atoms with van der Waals surface area (Å²) in [6.45, 7) is 6.95. The summed E-state index contributed by atoms with van der Waals surface area (Å²) < 4.78 is 4.93. The Morgan fingerprint density at radius 3 is 2.76 bits per heavy atom. The van der Waals surface area contributed by atoms with Crippen molar-refractivity contribution < 1.29 is 4.79 Å². The second-order valence-electron chi connectivity index (χ2n) is 7.54. The molecule has 3 aromatic rings. The zero-order valence-electron chi connectivity index (χ0n) is 16.9. The van der Waals surface area contributed by atoms with Crippen LogP contribution in [0, 0.1) is 20.8 Å². The minimum Gasteiger partial charge on any atom is -0.352 e. The Labute approximate surface area is 172 Å². The molecule has 9 nitrogen and oxygen atoms in total. The number of fused-ring (bicyclic) bond motifs is 1. The number of hydrogen-bond donors (Lipinski definition) is 1. The van der Waals surface area contributed by atoms with Gasteiger partial charge in [-0.05, 0) is 39.7 Å². The van der Waals surface area contributed by atoms with Crippen LogP contribution in [0.4, 0.5) is 0 Å². The lowest BCUT2D eigenvalue weighted by Gasteiger charge is -2.16. The molecule has 0 aromatic carbocycles. The SMILES string of the molecule is Cc1cc(C)n(CC(=O)NC2CCc3nn(Cc4csc(C)n4)c(=O)n3CC2)n1. The molecule has 1 amide bonds. The molecule has 1 aliphatic heterocycles. The molecular weight excluding hydrogens is 390 g/mol. The number of amides is 1. The Bertz CT molecular complexity index is 1090. The molecule has 1 atom stereocenters. The van der Waals surface area contributed by atoms with Crippen molar-refractivity contribution in [1.29, 1.82) is 0 Å². The minimum atomic E-state index is -0.111. The van der Waals surface area contributed by atoms with Crippen LogP contribution in [-0.4, -0.2) is 41.1 Å². The van der Waals surface area contributed by atoms with Gasteiger partial charge in [-0.2, -0.15) is 10.2 Å². The zero-order valence-corrected chi connectivity index (χ0v) is 17.7. The number of nitrogens with one attached hydrogen (secondary N) is 1. The second-order valence-corrected chi connectivity index (χ2v) is 8.60. The maximum absolute atomic E-state index is 12.7. The normalized spacial score (nSPS) is 16.4. The molecule has 1 N–H and O–H groups in total. The van der Waals surface area contributed by atoms with Crippen LogP contribution in [0.3, 0.4) is 0 Å². The van der Waals surface area contributed by atoms with Crippen LogP contribution in [0.15, 0.2) is 16.2 Å². The Morgan fingerprint density at radius 1 is 1.24 bits per heavy atom. The molecule has 3 aromatic heterocycles. The summed E-state index contributed by atoms with van der Waals surface area (Å²) in [5.74, 6) is 0.717. The van der Waals surface area contributed by atoms with E-state index >= 15 is 0 Å². The lowest BCUT2D eigenvalue weighted by molar-refractivity contribution is -0.122. The topological polar surface area (TPSA) is 99.6 Å². The summed E-state index contributed by atoms with van der Waals surface area (Å²) in [5.41, 5.74) is 2.62. The average molecular weight is 416 g/mol. The maximum Gasteiger partial charge on any atom is 0.346 e. The Hall–Kier alpha value is -2.75. The van der Waals surface area contributed by atoms with E-state index in [1.54, 1.807) is 20.6 Å². The molecule has 29 heavy (non-hydrogen) atoms. The fourth-order valence-electron chi connectivity index (χ4n) is 3.75. The van der Waals surface area contributed by atoms with Gasteiger partial charge in [-0.25, -0.2) is 14.5 Å². The van der Waals surface area contributed by atoms with E-state index in [2.05, 4.69) is 20.5 Å². The van der Waals surface area contributed by atoms with Crippen LogP contribution >= 0.6 is 11.3 Å². The molecule has 0 saturated heterocycles. The van der Waals surface area contributed by atoms with Crippen LogP contribution in [0.25, 0.3) is 0 Å². The number of hydrogen-bond acceptors (Lipinski definition) is 6. The summed E-state index contributed by atoms with van der Waals surface area (Å²) in [6, 6.07) is 1.98. The first-order valence-corrected chi connectivity index (χ1v) is 10.6. The smallest absolute Gasteiger partial charge is 0.346 e. The van der Waals surface area contributed by atoms with Gasteiger partial charge in [0.05, 0.1) is 22.9 Å². The first-order chi connectivity index (χ1) is 13.9. The largest absolute Gasteiger partial charge is 0.352 e. The zero-order chi connectivity index (χ0) is 20.5. The van der Waals surface area contributed by atoms with Crippen molar-refractivity contribution in [3.05, 3.63) is 49.8 Å². The fraction of sp³-hybridized carbons (Fsp3) is 0.526. The molecular formula is C19H25N7O2S. The second kappa shape index (κ2) is 7.94. The molecule has 0 saturated carbocycles. The van der Waals surface area contributed by atoms with Crippen LogP contribution in [-0.2, 0) is 30.8 Å². The van der Waals surface area contributed by atoms with Crippen LogP contribution in [0.1, 0.15) is 40.8 Å². The predicted octanol–water partition coefficient (Wildman–Crippen LogP) is 1.19. The van der Waals surface area contributed by atoms with Crippen molar-refractivity contribution in [3.8, 4) is 0 Å². The number of carbonyl (C=O) groups is 1. The Balaban J connectivity index is 1.38. The van der Waals surface area contributed by atoms with Crippen molar-refractivity contribution >= 4 is 17.2 Å². The predicted molar refractivity (Wildman–Crippen MR) is 109 cm³/mol. The highest BCUT2D eigenvalue weighted by Gasteiger charge is 2.22. The van der Waals surface area contributed by atoms with E-state index in [0.717, 1.165) is 34.3 Å². The molecule has 154 valence electrons. The third-order valence-electron chi connectivity index (χ3n) is 5.16. The number of nitrogens with zero attached hydrogens (tertiary/aromatic N) is 6. The van der Waals surface area contributed by atoms with Crippen LogP contribution in [0.5, 0.6) is 0 Å². The monoisotopic (exact) mass is 415 g/mol. The lowest BCUT2D eigenvalue weighted by Crippen LogP contribution is -2.38. The molecule has 1 aliphatic rings. The van der Waals surface area contributed by atoms with E-state index in [4.69, 9.17) is 0 Å². The number of thiazole rings is 1. The standard InChI is InChI=1S/C19H25N7O2S/c1-12-8-13(2)25(22-12)10-18(27)21-15-4-5-17-23-26(19(28)24(17)7-6-15)9-16-11-29-14(3)20-16/h8,11,15H,4-7,9-10H2,1-3H3,(H,21,27). The molecule has 0 fully saturated rings. The molecule has 1 unspecified atom stereocenters. The van der Waals surface area contributed by atoms with Gasteiger partial charge >= 0.3 is 5.69 Å². The third-order valence-corrected chi connectivity index (χ3v) is 5.98. The van der Waals surface area contributed by atoms with Crippen molar-refractivity contribution in [2.45, 2.75) is 65.7 Å². The van der Waals surface area contributed by atoms with Crippen molar-refractivity contribution in [2.75, 3.05) is 0 Å². The molecule has 4 rings (SSSR count). The van der Waals surface area contributed by atoms with Crippen molar-refractivity contribution in [1.82, 2.24) is 34.4 Å². The van der Waals surface area contributed by atoms with Gasteiger partial charge in [0.15, 0.2) is 0 Å². The highest BCUT2D eigenvalue weighted by atomic mass is 32.1. The van der Waals surface area contributed by atoms with Crippen molar-refractivity contribution in [3.63, 3.8) is 0 Å². The molecule has 0 spiro atoms. The average Bonchev–Trinajstić information content (AvgIpc) is 3.24. The van der Waals surface area contributed by atoms with E-state index in [0.29, 0.717) is 25.9 Å². The van der Waals surface area contributed by atoms with E-state index < -0.39 is 0 Å². The van der Waals surface area contributed by atoms with Gasteiger partial charge in [-0.15, -0.1) is 11.3 Å². The lowest BCUT2D eigenvalue weighted by atomic mass is 10.1. The minimum absolute atomic E-state index is 0.0233. The number of aryl methyl sites for hydroxylation is 4. The molecule has 10 heteroatoms. The van der Waals surface area contributed by atoms with Crippen LogP contribution < -0.4 is 11.0 Å². The number of rotatable bonds is 5. The van der Waals surface area contributed by atoms with Crippen molar-refractivity contribution in [2.24, 2.45) is 0 Å². The van der Waals surface area contributed by atoms with Gasteiger partial charge in [0, 0.05) is 30.1 Å². The Morgan fingerprint density at radius 2 is 2.07 bits per heavy atom. The molecule has 0 aliphatic carbocycles. The van der Waals surface area contributed by atoms with Gasteiger partial charge in [-0.1, -0.05) is 0 Å². The van der Waals surface area contributed by atoms with Gasteiger partial charge < -0.3 is 5.32 Å². The number of aromatic nitrogens is 6. The highest BCUT2D eigenvalue weighted by Crippen LogP contribution is 2.13. The van der Waals surface area contributed by atoms with Crippen LogP contribution in [0.2, 0.25) is 0 Å². The van der Waals surface area contributed by atoms with Gasteiger partial charge in [0.25, 0.3) is 0 Å². The summed E-state index contributed by atoms with van der Waals surface area (Å²) in [7, 11) is 0. The molecule has 4 heterocycles. The Kier molecular flexibility index (Phi) is 5.35. The van der Waals surface area contributed by atoms with E-state index in [1.165, 1.54) is 4.68 Å². The molecule has 0 radical (unpaired) electrons. The van der Waals surface area contributed by atoms with Gasteiger partial charge in [0.2, 0.25) is 5.91 Å². The summed E-state index contributed by atoms with van der Waals surface area (Å²) in [4.78, 5) is 29.6. The summed E-state index contributed by atoms with van der Waals surface area (Å²) >= 11 is 1.57. The summed E-state index contributed by atoms with van der Waals surface area (Å²) in [5, 5.41) is 14.9. The van der Waals surface area contributed by atoms with Gasteiger partial charge in [-0.3, -0.25) is 14.0 Å². The van der Waals surface area contributed by atoms with E-state index in [-0.39, 0.29) is 24.2 Å². The highest BCUT2D eigenvalue weighted by molar-refractivity contribution is 7.09. The fourth-order valence-corrected chi connectivity index (χ4v) is 4.36. The van der Waals surface area contributed by atoms with Gasteiger partial charge in [0.1, 0.15) is 12.4 Å². The third kappa shape index (κ3) is 4.31. The van der Waals surface area contributed by atoms with E-state index in [1.807, 2.05) is 32.2 Å². The summed E-state index contributed by atoms with van der Waals surface area (Å²) in [6.07, 6.45) is 2.12.